The Hall–Kier alpha value is -4.13. The van der Waals surface area contributed by atoms with Crippen molar-refractivity contribution in [1.82, 2.24) is 34.9 Å². The molecule has 0 radical (unpaired) electrons. The van der Waals surface area contributed by atoms with Crippen LogP contribution in [0.4, 0.5) is 0 Å². The Bertz CT molecular complexity index is 1010. The van der Waals surface area contributed by atoms with E-state index in [1.54, 1.807) is 12.4 Å². The molecule has 2 N–H and O–H groups in total. The van der Waals surface area contributed by atoms with Crippen LogP contribution in [0, 0.1) is 0 Å². The third kappa shape index (κ3) is 6.51. The number of hydrogen-bond donors (Lipinski definition) is 2. The standard InChI is InChI=1S/C7H5N5O2.C5H3ClN2O2.C3H4N2/c13-7(14)5-6(9-2-1-8-5)12-10-3-4-11-12;6-4-3(5(9)10)7-1-2-8-4;1-2-5-3-4-1/h1-4H,(H,13,14);1-2H,(H,9,10);1-2H,3H2. The van der Waals surface area contributed by atoms with Gasteiger partial charge in [-0.2, -0.15) is 10.2 Å². The summed E-state index contributed by atoms with van der Waals surface area (Å²) in [6.45, 7) is 0.639. The Morgan fingerprint density at radius 1 is 0.793 bits per heavy atom. The Labute approximate surface area is 167 Å². The van der Waals surface area contributed by atoms with Crippen molar-refractivity contribution in [3.05, 3.63) is 53.7 Å². The number of aliphatic imine (C=N–C) groups is 2. The van der Waals surface area contributed by atoms with Gasteiger partial charge >= 0.3 is 11.9 Å². The third-order valence-corrected chi connectivity index (χ3v) is 3.06. The van der Waals surface area contributed by atoms with Crippen LogP contribution in [0.15, 0.2) is 47.2 Å². The highest BCUT2D eigenvalue weighted by Crippen LogP contribution is 2.07. The molecule has 14 heteroatoms. The van der Waals surface area contributed by atoms with E-state index in [9.17, 15) is 9.59 Å². The van der Waals surface area contributed by atoms with Crippen LogP contribution < -0.4 is 0 Å². The highest BCUT2D eigenvalue weighted by molar-refractivity contribution is 6.31. The molecule has 0 aliphatic carbocycles. The van der Waals surface area contributed by atoms with E-state index >= 15 is 0 Å². The van der Waals surface area contributed by atoms with Gasteiger partial charge in [-0.15, -0.1) is 4.80 Å². The first-order valence-electron chi connectivity index (χ1n) is 7.59. The summed E-state index contributed by atoms with van der Waals surface area (Å²) in [7, 11) is 0. The lowest BCUT2D eigenvalue weighted by Crippen LogP contribution is -2.11. The minimum Gasteiger partial charge on any atom is -0.476 e. The molecule has 4 rings (SSSR count). The van der Waals surface area contributed by atoms with Gasteiger partial charge in [-0.3, -0.25) is 9.98 Å². The molecule has 1 aliphatic rings. The van der Waals surface area contributed by atoms with E-state index < -0.39 is 11.9 Å². The van der Waals surface area contributed by atoms with Crippen molar-refractivity contribution in [2.75, 3.05) is 6.67 Å². The molecular weight excluding hydrogens is 406 g/mol. The molecule has 0 amide bonds. The monoisotopic (exact) mass is 417 g/mol. The molecule has 3 aromatic heterocycles. The number of rotatable bonds is 3. The van der Waals surface area contributed by atoms with Gasteiger partial charge in [0.1, 0.15) is 6.67 Å². The van der Waals surface area contributed by atoms with Gasteiger partial charge in [-0.1, -0.05) is 11.6 Å². The van der Waals surface area contributed by atoms with Crippen LogP contribution in [0.3, 0.4) is 0 Å². The topological polar surface area (TPSA) is 182 Å². The van der Waals surface area contributed by atoms with Gasteiger partial charge in [0.25, 0.3) is 0 Å². The van der Waals surface area contributed by atoms with Gasteiger partial charge in [0.15, 0.2) is 16.5 Å². The predicted octanol–water partition coefficient (Wildman–Crippen LogP) is 0.683. The molecule has 29 heavy (non-hydrogen) atoms. The molecule has 0 atom stereocenters. The van der Waals surface area contributed by atoms with Crippen LogP contribution >= 0.6 is 11.6 Å². The first kappa shape index (κ1) is 21.2. The van der Waals surface area contributed by atoms with E-state index in [1.807, 2.05) is 0 Å². The van der Waals surface area contributed by atoms with Gasteiger partial charge in [-0.05, 0) is 0 Å². The number of carboxylic acids is 2. The largest absolute Gasteiger partial charge is 0.476 e. The van der Waals surface area contributed by atoms with Crippen LogP contribution in [-0.2, 0) is 0 Å². The van der Waals surface area contributed by atoms with Crippen LogP contribution in [0.5, 0.6) is 0 Å². The molecule has 148 valence electrons. The third-order valence-electron chi connectivity index (χ3n) is 2.79. The van der Waals surface area contributed by atoms with E-state index in [0.717, 1.165) is 4.80 Å². The maximum atomic E-state index is 10.7. The molecule has 0 aromatic carbocycles. The number of carboxylic acid groups (broad SMARTS) is 2. The first-order valence-corrected chi connectivity index (χ1v) is 7.97. The van der Waals surface area contributed by atoms with Crippen LogP contribution in [0.1, 0.15) is 21.0 Å². The van der Waals surface area contributed by atoms with E-state index in [1.165, 1.54) is 37.2 Å². The Kier molecular flexibility index (Phi) is 7.95. The van der Waals surface area contributed by atoms with Crippen LogP contribution in [-0.4, -0.2) is 76.2 Å². The summed E-state index contributed by atoms with van der Waals surface area (Å²) in [6, 6.07) is 0. The average molecular weight is 418 g/mol. The number of aromatic carboxylic acids is 2. The molecule has 0 unspecified atom stereocenters. The van der Waals surface area contributed by atoms with Gasteiger partial charge in [0, 0.05) is 37.2 Å². The molecule has 13 nitrogen and oxygen atoms in total. The van der Waals surface area contributed by atoms with Gasteiger partial charge in [-0.25, -0.2) is 29.5 Å². The van der Waals surface area contributed by atoms with Crippen molar-refractivity contribution in [1.29, 1.82) is 0 Å². The minimum atomic E-state index is -1.17. The van der Waals surface area contributed by atoms with Crippen molar-refractivity contribution in [2.45, 2.75) is 0 Å². The zero-order valence-electron chi connectivity index (χ0n) is 14.4. The normalized spacial score (nSPS) is 11.1. The van der Waals surface area contributed by atoms with E-state index in [0.29, 0.717) is 6.67 Å². The van der Waals surface area contributed by atoms with Gasteiger partial charge in [0.2, 0.25) is 5.82 Å². The van der Waals surface area contributed by atoms with E-state index in [-0.39, 0.29) is 22.4 Å². The lowest BCUT2D eigenvalue weighted by Gasteiger charge is -2.00. The van der Waals surface area contributed by atoms with Crippen molar-refractivity contribution in [2.24, 2.45) is 9.98 Å². The highest BCUT2D eigenvalue weighted by Gasteiger charge is 2.14. The summed E-state index contributed by atoms with van der Waals surface area (Å²) in [5.74, 6) is -2.23. The summed E-state index contributed by atoms with van der Waals surface area (Å²) >= 11 is 5.36. The Morgan fingerprint density at radius 3 is 1.76 bits per heavy atom. The highest BCUT2D eigenvalue weighted by atomic mass is 35.5. The lowest BCUT2D eigenvalue weighted by atomic mass is 10.4. The summed E-state index contributed by atoms with van der Waals surface area (Å²) in [6.07, 6.45) is 11.5. The number of hydrogen-bond acceptors (Lipinski definition) is 10. The van der Waals surface area contributed by atoms with Crippen molar-refractivity contribution in [3.63, 3.8) is 0 Å². The molecule has 0 saturated heterocycles. The van der Waals surface area contributed by atoms with Crippen molar-refractivity contribution in [3.8, 4) is 5.82 Å². The number of aromatic nitrogens is 7. The second-order valence-electron chi connectivity index (χ2n) is 4.66. The smallest absolute Gasteiger partial charge is 0.358 e. The van der Waals surface area contributed by atoms with Crippen molar-refractivity contribution >= 4 is 36.0 Å². The van der Waals surface area contributed by atoms with Crippen LogP contribution in [0.25, 0.3) is 5.82 Å². The zero-order chi connectivity index (χ0) is 21.1. The predicted molar refractivity (Wildman–Crippen MR) is 99.8 cm³/mol. The van der Waals surface area contributed by atoms with Crippen LogP contribution in [0.2, 0.25) is 5.15 Å². The van der Waals surface area contributed by atoms with Gasteiger partial charge in [0.05, 0.1) is 12.4 Å². The molecule has 1 aliphatic heterocycles. The number of nitrogens with zero attached hydrogens (tertiary/aromatic N) is 9. The summed E-state index contributed by atoms with van der Waals surface area (Å²) in [5.41, 5.74) is -0.395. The molecule has 0 fully saturated rings. The minimum absolute atomic E-state index is 0.0880. The molecule has 3 aromatic rings. The fourth-order valence-corrected chi connectivity index (χ4v) is 1.84. The second kappa shape index (κ2) is 10.9. The average Bonchev–Trinajstić information content (AvgIpc) is 3.45. The number of halogens is 1. The summed E-state index contributed by atoms with van der Waals surface area (Å²) < 4.78 is 0. The number of carbonyl (C=O) groups is 2. The second-order valence-corrected chi connectivity index (χ2v) is 5.02. The molecule has 4 heterocycles. The maximum absolute atomic E-state index is 10.7. The summed E-state index contributed by atoms with van der Waals surface area (Å²) in [5, 5.41) is 24.6. The maximum Gasteiger partial charge on any atom is 0.358 e. The molecule has 0 spiro atoms. The summed E-state index contributed by atoms with van der Waals surface area (Å²) in [4.78, 5) is 44.1. The Morgan fingerprint density at radius 2 is 1.31 bits per heavy atom. The van der Waals surface area contributed by atoms with E-state index in [4.69, 9.17) is 21.8 Å². The lowest BCUT2D eigenvalue weighted by molar-refractivity contribution is 0.0679. The Balaban J connectivity index is 0.000000173. The zero-order valence-corrected chi connectivity index (χ0v) is 15.2. The molecule has 0 bridgehead atoms. The van der Waals surface area contributed by atoms with Crippen molar-refractivity contribution < 1.29 is 19.8 Å². The first-order chi connectivity index (χ1) is 14.0. The fourth-order valence-electron chi connectivity index (χ4n) is 1.65. The molecule has 0 saturated carbocycles. The van der Waals surface area contributed by atoms with E-state index in [2.05, 4.69) is 40.1 Å². The SMILES string of the molecule is C1=NCN=C1.O=C(O)c1nccnc1-n1nccn1.O=C(O)c1nccnc1Cl. The van der Waals surface area contributed by atoms with Gasteiger partial charge < -0.3 is 10.2 Å². The quantitative estimate of drug-likeness (QED) is 0.614. The fraction of sp³-hybridized carbons (Fsp3) is 0.0667. The molecular formula is C15H12ClN9O4.